The Balaban J connectivity index is 1.41. The van der Waals surface area contributed by atoms with Crippen LogP contribution in [-0.4, -0.2) is 32.6 Å². The third-order valence-electron chi connectivity index (χ3n) is 6.59. The Kier molecular flexibility index (Phi) is 7.26. The first kappa shape index (κ1) is 25.6. The number of amides is 1. The molecule has 1 atom stereocenters. The van der Waals surface area contributed by atoms with Gasteiger partial charge in [0.15, 0.2) is 10.1 Å². The number of pyridine rings is 1. The molecule has 0 radical (unpaired) electrons. The Morgan fingerprint density at radius 3 is 2.74 bits per heavy atom. The molecule has 0 saturated heterocycles. The van der Waals surface area contributed by atoms with Crippen molar-refractivity contribution in [3.8, 4) is 6.07 Å². The van der Waals surface area contributed by atoms with Crippen LogP contribution < -0.4 is 16.0 Å². The molecule has 1 unspecified atom stereocenters. The van der Waals surface area contributed by atoms with Crippen molar-refractivity contribution in [2.24, 2.45) is 5.73 Å². The summed E-state index contributed by atoms with van der Waals surface area (Å²) in [6.45, 7) is 3.91. The monoisotopic (exact) mass is 543 g/mol. The average molecular weight is 544 g/mol. The molecule has 3 heterocycles. The third kappa shape index (κ3) is 4.80. The van der Waals surface area contributed by atoms with E-state index in [-0.39, 0.29) is 28.8 Å². The van der Waals surface area contributed by atoms with E-state index in [0.29, 0.717) is 34.3 Å². The molecule has 1 aliphatic heterocycles. The molecule has 5 rings (SSSR count). The Hall–Kier alpha value is -4.01. The Labute approximate surface area is 228 Å². The highest BCUT2D eigenvalue weighted by molar-refractivity contribution is 8.01. The van der Waals surface area contributed by atoms with Gasteiger partial charge in [-0.25, -0.2) is 0 Å². The van der Waals surface area contributed by atoms with Crippen molar-refractivity contribution in [1.82, 2.24) is 15.2 Å². The second kappa shape index (κ2) is 10.8. The molecule has 1 amide bonds. The van der Waals surface area contributed by atoms with Gasteiger partial charge in [-0.15, -0.1) is 10.2 Å². The molecule has 0 spiro atoms. The molecule has 0 saturated carbocycles. The molecule has 3 N–H and O–H groups in total. The first-order chi connectivity index (χ1) is 18.4. The fourth-order valence-corrected chi connectivity index (χ4v) is 6.53. The van der Waals surface area contributed by atoms with Crippen LogP contribution >= 0.6 is 23.1 Å². The summed E-state index contributed by atoms with van der Waals surface area (Å²) in [5, 5.41) is 22.1. The number of carbonyl (C=O) groups excluding carboxylic acids is 2. The number of hydrogen-bond acceptors (Lipinski definition) is 10. The molecule has 2 aromatic heterocycles. The minimum atomic E-state index is -0.567. The molecular formula is C27H25N7O2S2. The van der Waals surface area contributed by atoms with Gasteiger partial charge in [0.05, 0.1) is 23.3 Å². The maximum atomic E-state index is 13.2. The Morgan fingerprint density at radius 1 is 1.24 bits per heavy atom. The SMILES string of the molecule is Cc1cccc(C)c1NC(=O)CSc1nnc(N2C(N)=C(C#N)C(c3cccnc3)C3=C2CCCC3=O)s1. The van der Waals surface area contributed by atoms with Gasteiger partial charge in [0.25, 0.3) is 0 Å². The number of Topliss-reactive ketones (excluding diaryl/α,β-unsaturated/α-hetero) is 1. The minimum absolute atomic E-state index is 0.00682. The van der Waals surface area contributed by atoms with Gasteiger partial charge < -0.3 is 11.1 Å². The summed E-state index contributed by atoms with van der Waals surface area (Å²) < 4.78 is 0.585. The smallest absolute Gasteiger partial charge is 0.234 e. The zero-order valence-electron chi connectivity index (χ0n) is 20.9. The summed E-state index contributed by atoms with van der Waals surface area (Å²) in [6.07, 6.45) is 5.04. The highest BCUT2D eigenvalue weighted by atomic mass is 32.2. The Bertz CT molecular complexity index is 1500. The van der Waals surface area contributed by atoms with E-state index in [4.69, 9.17) is 5.73 Å². The predicted molar refractivity (Wildman–Crippen MR) is 147 cm³/mol. The topological polar surface area (TPSA) is 138 Å². The quantitative estimate of drug-likeness (QED) is 0.428. The number of allylic oxidation sites excluding steroid dienone is 3. The summed E-state index contributed by atoms with van der Waals surface area (Å²) in [4.78, 5) is 31.7. The zero-order valence-corrected chi connectivity index (χ0v) is 22.5. The van der Waals surface area contributed by atoms with Gasteiger partial charge in [0.1, 0.15) is 5.82 Å². The summed E-state index contributed by atoms with van der Waals surface area (Å²) in [6, 6.07) is 11.7. The number of nitrogens with one attached hydrogen (secondary N) is 1. The first-order valence-corrected chi connectivity index (χ1v) is 13.9. The van der Waals surface area contributed by atoms with Crippen molar-refractivity contribution in [2.75, 3.05) is 16.0 Å². The van der Waals surface area contributed by atoms with Crippen LogP contribution in [0.25, 0.3) is 0 Å². The number of nitrogens with zero attached hydrogens (tertiary/aromatic N) is 5. The summed E-state index contributed by atoms with van der Waals surface area (Å²) in [5.74, 6) is -0.325. The number of aromatic nitrogens is 3. The molecule has 11 heteroatoms. The molecular weight excluding hydrogens is 518 g/mol. The van der Waals surface area contributed by atoms with Gasteiger partial charge >= 0.3 is 0 Å². The Morgan fingerprint density at radius 2 is 2.03 bits per heavy atom. The number of benzene rings is 1. The van der Waals surface area contributed by atoms with Crippen LogP contribution in [-0.2, 0) is 9.59 Å². The number of ketones is 1. The van der Waals surface area contributed by atoms with E-state index in [2.05, 4.69) is 26.6 Å². The summed E-state index contributed by atoms with van der Waals surface area (Å²) in [5.41, 5.74) is 11.7. The molecule has 9 nitrogen and oxygen atoms in total. The van der Waals surface area contributed by atoms with Gasteiger partial charge in [0.2, 0.25) is 11.0 Å². The average Bonchev–Trinajstić information content (AvgIpc) is 3.38. The van der Waals surface area contributed by atoms with Crippen molar-refractivity contribution in [3.05, 3.63) is 82.1 Å². The van der Waals surface area contributed by atoms with Gasteiger partial charge in [-0.2, -0.15) is 5.26 Å². The maximum absolute atomic E-state index is 13.2. The number of hydrogen-bond donors (Lipinski definition) is 2. The third-order valence-corrected chi connectivity index (χ3v) is 8.63. The van der Waals surface area contributed by atoms with E-state index in [1.807, 2.05) is 38.1 Å². The van der Waals surface area contributed by atoms with E-state index in [0.717, 1.165) is 28.1 Å². The number of nitriles is 1. The second-order valence-corrected chi connectivity index (χ2v) is 11.2. The van der Waals surface area contributed by atoms with Gasteiger partial charge in [-0.05, 0) is 49.4 Å². The molecule has 1 aliphatic carbocycles. The number of carbonyl (C=O) groups is 2. The number of para-hydroxylation sites is 1. The van der Waals surface area contributed by atoms with Gasteiger partial charge in [0, 0.05) is 35.8 Å². The van der Waals surface area contributed by atoms with Crippen molar-refractivity contribution < 1.29 is 9.59 Å². The van der Waals surface area contributed by atoms with E-state index < -0.39 is 5.92 Å². The highest BCUT2D eigenvalue weighted by Gasteiger charge is 2.41. The van der Waals surface area contributed by atoms with Crippen LogP contribution in [0.1, 0.15) is 41.9 Å². The van der Waals surface area contributed by atoms with Crippen LogP contribution in [0, 0.1) is 25.2 Å². The van der Waals surface area contributed by atoms with Crippen LogP contribution in [0.3, 0.4) is 0 Å². The molecule has 3 aromatic rings. The van der Waals surface area contributed by atoms with Crippen molar-refractivity contribution in [1.29, 1.82) is 5.26 Å². The van der Waals surface area contributed by atoms with E-state index >= 15 is 0 Å². The van der Waals surface area contributed by atoms with Crippen molar-refractivity contribution in [2.45, 2.75) is 43.4 Å². The summed E-state index contributed by atoms with van der Waals surface area (Å²) in [7, 11) is 0. The standard InChI is InChI=1S/C27H25N7O2S2/c1-15-6-3-7-16(2)24(15)31-21(36)14-37-27-33-32-26(38-27)34-19-9-4-10-20(35)23(19)22(18(12-28)25(34)29)17-8-5-11-30-13-17/h3,5-8,11,13,22H,4,9-10,14,29H2,1-2H3,(H,31,36). The molecule has 192 valence electrons. The maximum Gasteiger partial charge on any atom is 0.234 e. The van der Waals surface area contributed by atoms with E-state index in [1.165, 1.54) is 23.1 Å². The molecule has 0 fully saturated rings. The molecule has 0 bridgehead atoms. The fourth-order valence-electron chi connectivity index (χ4n) is 4.85. The lowest BCUT2D eigenvalue weighted by atomic mass is 9.76. The van der Waals surface area contributed by atoms with Crippen LogP contribution in [0.15, 0.2) is 69.7 Å². The van der Waals surface area contributed by atoms with Crippen molar-refractivity contribution >= 4 is 45.6 Å². The van der Waals surface area contributed by atoms with Gasteiger partial charge in [-0.1, -0.05) is 47.4 Å². The first-order valence-electron chi connectivity index (χ1n) is 12.1. The highest BCUT2D eigenvalue weighted by Crippen LogP contribution is 2.46. The largest absolute Gasteiger partial charge is 0.384 e. The number of thioether (sulfide) groups is 1. The lowest BCUT2D eigenvalue weighted by Crippen LogP contribution is -2.38. The van der Waals surface area contributed by atoms with E-state index in [1.54, 1.807) is 23.4 Å². The predicted octanol–water partition coefficient (Wildman–Crippen LogP) is 4.59. The van der Waals surface area contributed by atoms with E-state index in [9.17, 15) is 14.9 Å². The molecule has 2 aliphatic rings. The molecule has 1 aromatic carbocycles. The lowest BCUT2D eigenvalue weighted by Gasteiger charge is -2.37. The lowest BCUT2D eigenvalue weighted by molar-refractivity contribution is -0.116. The zero-order chi connectivity index (χ0) is 26.8. The van der Waals surface area contributed by atoms with Crippen LogP contribution in [0.2, 0.25) is 0 Å². The fraction of sp³-hybridized carbons (Fsp3) is 0.259. The second-order valence-electron chi connectivity index (χ2n) is 9.06. The normalized spacial score (nSPS) is 17.3. The molecule has 38 heavy (non-hydrogen) atoms. The minimum Gasteiger partial charge on any atom is -0.384 e. The number of anilines is 2. The van der Waals surface area contributed by atoms with Gasteiger partial charge in [-0.3, -0.25) is 19.5 Å². The number of aryl methyl sites for hydroxylation is 2. The summed E-state index contributed by atoms with van der Waals surface area (Å²) >= 11 is 2.54. The van der Waals surface area contributed by atoms with Crippen LogP contribution in [0.4, 0.5) is 10.8 Å². The van der Waals surface area contributed by atoms with Crippen LogP contribution in [0.5, 0.6) is 0 Å². The van der Waals surface area contributed by atoms with Crippen molar-refractivity contribution in [3.63, 3.8) is 0 Å². The number of rotatable bonds is 6. The number of nitrogens with two attached hydrogens (primary N) is 1.